The van der Waals surface area contributed by atoms with Gasteiger partial charge in [0.2, 0.25) is 5.91 Å². The molecule has 4 nitrogen and oxygen atoms in total. The van der Waals surface area contributed by atoms with Gasteiger partial charge in [-0.1, -0.05) is 0 Å². The molecular formula is C6H7N2O2-. The van der Waals surface area contributed by atoms with Crippen LogP contribution in [0.1, 0.15) is 6.42 Å². The molecule has 10 heavy (non-hydrogen) atoms. The molecular weight excluding hydrogens is 132 g/mol. The van der Waals surface area contributed by atoms with Gasteiger partial charge in [-0.05, 0) is 0 Å². The van der Waals surface area contributed by atoms with Gasteiger partial charge in [0.1, 0.15) is 0 Å². The second-order valence-corrected chi connectivity index (χ2v) is 1.91. The van der Waals surface area contributed by atoms with E-state index in [4.69, 9.17) is 10.00 Å². The quantitative estimate of drug-likeness (QED) is 0.501. The molecule has 0 radical (unpaired) electrons. The number of hydrogen-bond donors (Lipinski definition) is 0. The molecule has 0 spiro atoms. The van der Waals surface area contributed by atoms with Gasteiger partial charge in [-0.2, -0.15) is 5.26 Å². The third-order valence-corrected chi connectivity index (χ3v) is 1.19. The van der Waals surface area contributed by atoms with Crippen molar-refractivity contribution in [2.45, 2.75) is 6.42 Å². The Morgan fingerprint density at radius 3 is 3.20 bits per heavy atom. The van der Waals surface area contributed by atoms with Crippen LogP contribution in [0.4, 0.5) is 0 Å². The van der Waals surface area contributed by atoms with E-state index < -0.39 is 0 Å². The van der Waals surface area contributed by atoms with Gasteiger partial charge < -0.3 is 9.64 Å². The third-order valence-electron chi connectivity index (χ3n) is 1.19. The molecule has 1 aliphatic heterocycles. The van der Waals surface area contributed by atoms with Gasteiger partial charge in [0, 0.05) is 6.54 Å². The maximum atomic E-state index is 10.7. The van der Waals surface area contributed by atoms with Crippen molar-refractivity contribution in [2.75, 3.05) is 13.2 Å². The monoisotopic (exact) mass is 139 g/mol. The Morgan fingerprint density at radius 1 is 1.90 bits per heavy atom. The molecule has 54 valence electrons. The highest BCUT2D eigenvalue weighted by atomic mass is 16.5. The summed E-state index contributed by atoms with van der Waals surface area (Å²) in [6.07, 6.45) is 0.353. The molecule has 0 aromatic heterocycles. The highest BCUT2D eigenvalue weighted by molar-refractivity contribution is 5.79. The van der Waals surface area contributed by atoms with E-state index in [0.717, 1.165) is 0 Å². The van der Waals surface area contributed by atoms with Crippen molar-refractivity contribution in [3.05, 3.63) is 6.73 Å². The highest BCUT2D eigenvalue weighted by Gasteiger charge is 2.10. The minimum Gasteiger partial charge on any atom is -0.525 e. The Morgan fingerprint density at radius 2 is 2.70 bits per heavy atom. The fourth-order valence-corrected chi connectivity index (χ4v) is 0.688. The van der Waals surface area contributed by atoms with E-state index in [9.17, 15) is 4.79 Å². The van der Waals surface area contributed by atoms with E-state index in [0.29, 0.717) is 13.0 Å². The van der Waals surface area contributed by atoms with Crippen LogP contribution in [0.5, 0.6) is 0 Å². The van der Waals surface area contributed by atoms with Crippen LogP contribution in [0.15, 0.2) is 0 Å². The smallest absolute Gasteiger partial charge is 0.218 e. The van der Waals surface area contributed by atoms with Gasteiger partial charge in [0.25, 0.3) is 0 Å². The number of rotatable bonds is 2. The molecule has 0 unspecified atom stereocenters. The zero-order valence-corrected chi connectivity index (χ0v) is 5.41. The van der Waals surface area contributed by atoms with Gasteiger partial charge in [0.05, 0.1) is 19.1 Å². The average Bonchev–Trinajstić information content (AvgIpc) is 2.31. The molecule has 1 fully saturated rings. The summed E-state index contributed by atoms with van der Waals surface area (Å²) >= 11 is 0. The van der Waals surface area contributed by atoms with Crippen molar-refractivity contribution in [3.63, 3.8) is 0 Å². The molecule has 0 aromatic carbocycles. The Kier molecular flexibility index (Phi) is 2.24. The lowest BCUT2D eigenvalue weighted by Gasteiger charge is -2.21. The van der Waals surface area contributed by atoms with Crippen LogP contribution in [0.25, 0.3) is 0 Å². The number of carbonyl (C=O) groups is 1. The first kappa shape index (κ1) is 7.03. The summed E-state index contributed by atoms with van der Waals surface area (Å²) in [6, 6.07) is 1.95. The predicted molar refractivity (Wildman–Crippen MR) is 32.2 cm³/mol. The number of ether oxygens (including phenoxy) is 1. The first-order chi connectivity index (χ1) is 4.84. The average molecular weight is 139 g/mol. The lowest BCUT2D eigenvalue weighted by molar-refractivity contribution is -0.126. The largest absolute Gasteiger partial charge is 0.525 e. The summed E-state index contributed by atoms with van der Waals surface area (Å²) < 4.78 is 4.71. The zero-order valence-electron chi connectivity index (χ0n) is 5.41. The molecule has 0 atom stereocenters. The number of hydrogen-bond acceptors (Lipinski definition) is 3. The number of nitriles is 1. The third kappa shape index (κ3) is 1.45. The standard InChI is InChI=1S/C6H7N2O2/c7-2-1-3-8-5-10-4-6(8)9/h5H,1,3-4H2/q-1. The normalized spacial score (nSPS) is 17.5. The summed E-state index contributed by atoms with van der Waals surface area (Å²) in [5.74, 6) is -0.0738. The van der Waals surface area contributed by atoms with Crippen LogP contribution >= 0.6 is 0 Å². The summed E-state index contributed by atoms with van der Waals surface area (Å²) in [4.78, 5) is 12.1. The molecule has 0 bridgehead atoms. The summed E-state index contributed by atoms with van der Waals surface area (Å²) in [7, 11) is 0. The Labute approximate surface area is 59.0 Å². The first-order valence-corrected chi connectivity index (χ1v) is 2.96. The van der Waals surface area contributed by atoms with Crippen molar-refractivity contribution in [3.8, 4) is 6.07 Å². The SMILES string of the molecule is N#CCCN1[CH-]OCC1=O. The number of amides is 1. The van der Waals surface area contributed by atoms with Gasteiger partial charge in [-0.3, -0.25) is 4.79 Å². The molecule has 0 saturated carbocycles. The fourth-order valence-electron chi connectivity index (χ4n) is 0.688. The molecule has 1 saturated heterocycles. The molecule has 1 rings (SSSR count). The van der Waals surface area contributed by atoms with Gasteiger partial charge in [-0.25, -0.2) is 0 Å². The van der Waals surface area contributed by atoms with E-state index in [2.05, 4.69) is 0 Å². The molecule has 0 aliphatic carbocycles. The Balaban J connectivity index is 2.28. The lowest BCUT2D eigenvalue weighted by atomic mass is 10.4. The molecule has 0 aromatic rings. The van der Waals surface area contributed by atoms with Crippen molar-refractivity contribution in [1.82, 2.24) is 4.90 Å². The maximum Gasteiger partial charge on any atom is 0.218 e. The van der Waals surface area contributed by atoms with Crippen LogP contribution < -0.4 is 0 Å². The second kappa shape index (κ2) is 3.18. The molecule has 4 heteroatoms. The minimum atomic E-state index is -0.0738. The number of carbonyl (C=O) groups excluding carboxylic acids is 1. The first-order valence-electron chi connectivity index (χ1n) is 2.96. The highest BCUT2D eigenvalue weighted by Crippen LogP contribution is 2.05. The van der Waals surface area contributed by atoms with E-state index in [1.807, 2.05) is 6.07 Å². The van der Waals surface area contributed by atoms with Gasteiger partial charge >= 0.3 is 0 Å². The van der Waals surface area contributed by atoms with E-state index in [1.54, 1.807) is 0 Å². The van der Waals surface area contributed by atoms with Crippen molar-refractivity contribution >= 4 is 5.91 Å². The maximum absolute atomic E-state index is 10.7. The fraction of sp³-hybridized carbons (Fsp3) is 0.500. The van der Waals surface area contributed by atoms with Gasteiger partial charge in [0.15, 0.2) is 0 Å². The Hall–Kier alpha value is -1.08. The van der Waals surface area contributed by atoms with Crippen LogP contribution in [-0.2, 0) is 9.53 Å². The van der Waals surface area contributed by atoms with Crippen LogP contribution in [-0.4, -0.2) is 24.0 Å². The lowest BCUT2D eigenvalue weighted by Crippen LogP contribution is -2.23. The topological polar surface area (TPSA) is 53.3 Å². The summed E-state index contributed by atoms with van der Waals surface area (Å²) in [5, 5.41) is 8.17. The summed E-state index contributed by atoms with van der Waals surface area (Å²) in [5.41, 5.74) is 0. The zero-order chi connectivity index (χ0) is 7.40. The van der Waals surface area contributed by atoms with Crippen molar-refractivity contribution in [2.24, 2.45) is 0 Å². The minimum absolute atomic E-state index is 0.0738. The molecule has 0 N–H and O–H groups in total. The van der Waals surface area contributed by atoms with Crippen LogP contribution in [0.3, 0.4) is 0 Å². The predicted octanol–water partition coefficient (Wildman–Crippen LogP) is -0.122. The van der Waals surface area contributed by atoms with E-state index >= 15 is 0 Å². The van der Waals surface area contributed by atoms with Crippen LogP contribution in [0.2, 0.25) is 0 Å². The number of nitrogens with zero attached hydrogens (tertiary/aromatic N) is 2. The molecule has 1 heterocycles. The Bertz CT molecular complexity index is 173. The molecule has 1 aliphatic rings. The second-order valence-electron chi connectivity index (χ2n) is 1.91. The van der Waals surface area contributed by atoms with Gasteiger partial charge in [-0.15, -0.1) is 6.73 Å². The van der Waals surface area contributed by atoms with E-state index in [1.165, 1.54) is 11.6 Å². The molecule has 1 amide bonds. The van der Waals surface area contributed by atoms with Crippen LogP contribution in [0, 0.1) is 18.1 Å². The van der Waals surface area contributed by atoms with Crippen molar-refractivity contribution in [1.29, 1.82) is 5.26 Å². The van der Waals surface area contributed by atoms with E-state index in [-0.39, 0.29) is 12.5 Å². The van der Waals surface area contributed by atoms with Crippen molar-refractivity contribution < 1.29 is 9.53 Å². The summed E-state index contributed by atoms with van der Waals surface area (Å²) in [6.45, 7) is 1.92.